The fourth-order valence-electron chi connectivity index (χ4n) is 4.03. The molecule has 6 nitrogen and oxygen atoms in total. The molecule has 2 aromatic carbocycles. The van der Waals surface area contributed by atoms with Crippen LogP contribution >= 0.6 is 0 Å². The largest absolute Gasteiger partial charge is 0.341 e. The van der Waals surface area contributed by atoms with E-state index in [9.17, 15) is 13.2 Å². The monoisotopic (exact) mass is 373 g/mol. The van der Waals surface area contributed by atoms with Gasteiger partial charge in [-0.15, -0.1) is 0 Å². The number of nitrogens with zero attached hydrogens (tertiary/aromatic N) is 2. The summed E-state index contributed by atoms with van der Waals surface area (Å²) in [7, 11) is -3.69. The van der Waals surface area contributed by atoms with E-state index in [0.29, 0.717) is 30.1 Å². The Morgan fingerprint density at radius 2 is 1.85 bits per heavy atom. The molecule has 138 valence electrons. The highest BCUT2D eigenvalue weighted by Gasteiger charge is 2.37. The van der Waals surface area contributed by atoms with Gasteiger partial charge in [-0.1, -0.05) is 24.3 Å². The summed E-state index contributed by atoms with van der Waals surface area (Å²) in [5, 5.41) is 1.58. The first kappa shape index (κ1) is 17.3. The number of amides is 1. The number of carbonyl (C=O) groups is 1. The lowest BCUT2D eigenvalue weighted by molar-refractivity contribution is -0.131. The van der Waals surface area contributed by atoms with Crippen LogP contribution in [0.15, 0.2) is 41.3 Å². The first-order valence-corrected chi connectivity index (χ1v) is 10.4. The standard InChI is InChI=1S/C19H23N3O3S/c1-13(20)14-8-10-21(11-9-14)18(23)12-22-16-6-2-4-15-5-3-7-17(19(15)16)26(22,24)25/h2-7,13-14H,8-12,20H2,1H3. The van der Waals surface area contributed by atoms with Gasteiger partial charge < -0.3 is 10.6 Å². The molecule has 0 spiro atoms. The minimum Gasteiger partial charge on any atom is -0.341 e. The number of benzene rings is 2. The van der Waals surface area contributed by atoms with Crippen molar-refractivity contribution >= 4 is 32.4 Å². The summed E-state index contributed by atoms with van der Waals surface area (Å²) in [5.41, 5.74) is 6.55. The summed E-state index contributed by atoms with van der Waals surface area (Å²) in [5.74, 6) is 0.272. The van der Waals surface area contributed by atoms with Gasteiger partial charge >= 0.3 is 0 Å². The van der Waals surface area contributed by atoms with E-state index in [2.05, 4.69) is 0 Å². The number of nitrogens with two attached hydrogens (primary N) is 1. The number of carbonyl (C=O) groups excluding carboxylic acids is 1. The zero-order valence-corrected chi connectivity index (χ0v) is 15.6. The Morgan fingerprint density at radius 1 is 1.19 bits per heavy atom. The smallest absolute Gasteiger partial charge is 0.265 e. The number of anilines is 1. The van der Waals surface area contributed by atoms with Crippen LogP contribution in [0.3, 0.4) is 0 Å². The van der Waals surface area contributed by atoms with Crippen LogP contribution in [0.25, 0.3) is 10.8 Å². The van der Waals surface area contributed by atoms with Gasteiger partial charge in [0.1, 0.15) is 6.54 Å². The molecule has 2 aliphatic rings. The minimum absolute atomic E-state index is 0.123. The minimum atomic E-state index is -3.69. The van der Waals surface area contributed by atoms with Gasteiger partial charge in [0.15, 0.2) is 0 Å². The van der Waals surface area contributed by atoms with Crippen molar-refractivity contribution in [1.29, 1.82) is 0 Å². The molecule has 0 aromatic heterocycles. The van der Waals surface area contributed by atoms with Crippen molar-refractivity contribution in [3.05, 3.63) is 36.4 Å². The zero-order valence-electron chi connectivity index (χ0n) is 14.8. The average Bonchev–Trinajstić information content (AvgIpc) is 2.85. The van der Waals surface area contributed by atoms with Crippen molar-refractivity contribution < 1.29 is 13.2 Å². The highest BCUT2D eigenvalue weighted by molar-refractivity contribution is 7.93. The van der Waals surface area contributed by atoms with Gasteiger partial charge in [-0.25, -0.2) is 8.42 Å². The molecule has 1 fully saturated rings. The molecule has 7 heteroatoms. The highest BCUT2D eigenvalue weighted by Crippen LogP contribution is 2.41. The number of rotatable bonds is 3. The molecule has 1 saturated heterocycles. The lowest BCUT2D eigenvalue weighted by Gasteiger charge is -2.34. The van der Waals surface area contributed by atoms with Crippen molar-refractivity contribution in [1.82, 2.24) is 4.90 Å². The summed E-state index contributed by atoms with van der Waals surface area (Å²) in [4.78, 5) is 14.8. The fourth-order valence-corrected chi connectivity index (χ4v) is 5.69. The van der Waals surface area contributed by atoms with Crippen molar-refractivity contribution in [3.8, 4) is 0 Å². The maximum Gasteiger partial charge on any atom is 0.265 e. The van der Waals surface area contributed by atoms with E-state index < -0.39 is 10.0 Å². The first-order chi connectivity index (χ1) is 12.4. The Bertz CT molecular complexity index is 958. The van der Waals surface area contributed by atoms with E-state index in [1.54, 1.807) is 23.1 Å². The Hall–Kier alpha value is -2.12. The quantitative estimate of drug-likeness (QED) is 0.891. The maximum atomic E-state index is 13.0. The summed E-state index contributed by atoms with van der Waals surface area (Å²) < 4.78 is 27.2. The van der Waals surface area contributed by atoms with Crippen LogP contribution in [0.1, 0.15) is 19.8 Å². The Kier molecular flexibility index (Phi) is 4.16. The SMILES string of the molecule is CC(N)C1CCN(C(=O)CN2c3cccc4cccc(c34)S2(=O)=O)CC1. The van der Waals surface area contributed by atoms with Crippen LogP contribution in [0.4, 0.5) is 5.69 Å². The molecule has 2 aliphatic heterocycles. The summed E-state index contributed by atoms with van der Waals surface area (Å²) in [6.45, 7) is 3.11. The lowest BCUT2D eigenvalue weighted by Crippen LogP contribution is -2.46. The van der Waals surface area contributed by atoms with Gasteiger partial charge in [-0.2, -0.15) is 0 Å². The van der Waals surface area contributed by atoms with Crippen LogP contribution in [0, 0.1) is 5.92 Å². The number of hydrogen-bond acceptors (Lipinski definition) is 4. The van der Waals surface area contributed by atoms with Crippen LogP contribution in [-0.4, -0.2) is 44.9 Å². The molecule has 2 N–H and O–H groups in total. The van der Waals surface area contributed by atoms with Crippen molar-refractivity contribution in [3.63, 3.8) is 0 Å². The van der Waals surface area contributed by atoms with Gasteiger partial charge in [0, 0.05) is 24.5 Å². The van der Waals surface area contributed by atoms with E-state index in [1.165, 1.54) is 4.31 Å². The molecular weight excluding hydrogens is 350 g/mol. The van der Waals surface area contributed by atoms with Crippen molar-refractivity contribution in [2.24, 2.45) is 11.7 Å². The normalized spacial score (nSPS) is 20.5. The third-order valence-corrected chi connectivity index (χ3v) is 7.40. The van der Waals surface area contributed by atoms with Gasteiger partial charge in [0.25, 0.3) is 10.0 Å². The van der Waals surface area contributed by atoms with Crippen LogP contribution < -0.4 is 10.0 Å². The lowest BCUT2D eigenvalue weighted by atomic mass is 9.91. The first-order valence-electron chi connectivity index (χ1n) is 8.97. The van der Waals surface area contributed by atoms with E-state index in [1.807, 2.05) is 25.1 Å². The van der Waals surface area contributed by atoms with Gasteiger partial charge in [-0.05, 0) is 43.2 Å². The van der Waals surface area contributed by atoms with E-state index in [0.717, 1.165) is 18.2 Å². The van der Waals surface area contributed by atoms with Crippen molar-refractivity contribution in [2.45, 2.75) is 30.7 Å². The fraction of sp³-hybridized carbons (Fsp3) is 0.421. The second-order valence-corrected chi connectivity index (χ2v) is 9.05. The van der Waals surface area contributed by atoms with Gasteiger partial charge in [-0.3, -0.25) is 9.10 Å². The summed E-state index contributed by atoms with van der Waals surface area (Å²) >= 11 is 0. The predicted octanol–water partition coefficient (Wildman–Crippen LogP) is 1.93. The van der Waals surface area contributed by atoms with E-state index in [-0.39, 0.29) is 23.4 Å². The highest BCUT2D eigenvalue weighted by atomic mass is 32.2. The maximum absolute atomic E-state index is 13.0. The molecule has 0 bridgehead atoms. The summed E-state index contributed by atoms with van der Waals surface area (Å²) in [6, 6.07) is 10.9. The molecule has 26 heavy (non-hydrogen) atoms. The molecule has 1 atom stereocenters. The van der Waals surface area contributed by atoms with Gasteiger partial charge in [0.2, 0.25) is 5.91 Å². The third kappa shape index (κ3) is 2.66. The molecule has 1 unspecified atom stereocenters. The molecule has 0 saturated carbocycles. The molecule has 1 amide bonds. The summed E-state index contributed by atoms with van der Waals surface area (Å²) in [6.07, 6.45) is 1.73. The predicted molar refractivity (Wildman–Crippen MR) is 101 cm³/mol. The molecule has 0 radical (unpaired) electrons. The topological polar surface area (TPSA) is 83.7 Å². The number of likely N-dealkylation sites (tertiary alicyclic amines) is 1. The average molecular weight is 373 g/mol. The molecule has 0 aliphatic carbocycles. The molecule has 2 heterocycles. The van der Waals surface area contributed by atoms with Crippen LogP contribution in [0.5, 0.6) is 0 Å². The van der Waals surface area contributed by atoms with E-state index >= 15 is 0 Å². The number of piperidine rings is 1. The van der Waals surface area contributed by atoms with Crippen LogP contribution in [0.2, 0.25) is 0 Å². The second kappa shape index (κ2) is 6.25. The molecule has 2 aromatic rings. The number of sulfonamides is 1. The van der Waals surface area contributed by atoms with Crippen molar-refractivity contribution in [2.75, 3.05) is 23.9 Å². The molecule has 4 rings (SSSR count). The van der Waals surface area contributed by atoms with E-state index in [4.69, 9.17) is 5.73 Å². The molecular formula is C19H23N3O3S. The Balaban J connectivity index is 1.58. The zero-order chi connectivity index (χ0) is 18.5. The Labute approximate surface area is 153 Å². The van der Waals surface area contributed by atoms with Crippen LogP contribution in [-0.2, 0) is 14.8 Å². The van der Waals surface area contributed by atoms with Gasteiger partial charge in [0.05, 0.1) is 10.6 Å². The number of hydrogen-bond donors (Lipinski definition) is 1. The third-order valence-electron chi connectivity index (χ3n) is 5.60. The second-order valence-electron chi connectivity index (χ2n) is 7.22. The Morgan fingerprint density at radius 3 is 2.50 bits per heavy atom.